The van der Waals surface area contributed by atoms with E-state index in [2.05, 4.69) is 16.7 Å². The summed E-state index contributed by atoms with van der Waals surface area (Å²) < 4.78 is 5.45. The number of fused-ring (bicyclic) bond motifs is 1. The predicted octanol–water partition coefficient (Wildman–Crippen LogP) is 2.13. The standard InChI is InChI=1S/C16H22N2O2/c19-16(18-10-12-4-3-9-20-11-12)14-7-8-17-15-6-2-1-5-13(14)15/h1-2,5-6,12,14,17H,3-4,7-11H2,(H,18,19). The third kappa shape index (κ3) is 2.96. The molecule has 1 saturated heterocycles. The Kier molecular flexibility index (Phi) is 4.21. The minimum absolute atomic E-state index is 0.0167. The van der Waals surface area contributed by atoms with Crippen LogP contribution in [0.15, 0.2) is 24.3 Å². The molecule has 2 N–H and O–H groups in total. The molecule has 0 saturated carbocycles. The Morgan fingerprint density at radius 2 is 2.25 bits per heavy atom. The maximum Gasteiger partial charge on any atom is 0.227 e. The molecule has 2 atom stereocenters. The van der Waals surface area contributed by atoms with Crippen molar-refractivity contribution in [3.05, 3.63) is 29.8 Å². The highest BCUT2D eigenvalue weighted by molar-refractivity contribution is 5.86. The third-order valence-electron chi connectivity index (χ3n) is 4.22. The van der Waals surface area contributed by atoms with E-state index in [1.807, 2.05) is 18.2 Å². The van der Waals surface area contributed by atoms with Crippen molar-refractivity contribution in [1.82, 2.24) is 5.32 Å². The number of anilines is 1. The van der Waals surface area contributed by atoms with E-state index in [1.54, 1.807) is 0 Å². The lowest BCUT2D eigenvalue weighted by Gasteiger charge is -2.27. The molecule has 108 valence electrons. The van der Waals surface area contributed by atoms with Crippen LogP contribution in [0, 0.1) is 5.92 Å². The zero-order valence-electron chi connectivity index (χ0n) is 11.7. The molecule has 1 aromatic carbocycles. The number of amides is 1. The van der Waals surface area contributed by atoms with E-state index in [4.69, 9.17) is 4.74 Å². The second kappa shape index (κ2) is 6.27. The Morgan fingerprint density at radius 3 is 3.10 bits per heavy atom. The molecule has 2 aliphatic heterocycles. The van der Waals surface area contributed by atoms with Gasteiger partial charge in [0.2, 0.25) is 5.91 Å². The lowest BCUT2D eigenvalue weighted by atomic mass is 9.90. The van der Waals surface area contributed by atoms with Gasteiger partial charge in [-0.15, -0.1) is 0 Å². The molecule has 1 amide bonds. The smallest absolute Gasteiger partial charge is 0.227 e. The van der Waals surface area contributed by atoms with Gasteiger partial charge in [0, 0.05) is 25.4 Å². The van der Waals surface area contributed by atoms with Crippen LogP contribution in [0.4, 0.5) is 5.69 Å². The highest BCUT2D eigenvalue weighted by Crippen LogP contribution is 2.31. The highest BCUT2D eigenvalue weighted by Gasteiger charge is 2.26. The topological polar surface area (TPSA) is 50.4 Å². The van der Waals surface area contributed by atoms with E-state index in [0.717, 1.165) is 56.8 Å². The molecule has 20 heavy (non-hydrogen) atoms. The Hall–Kier alpha value is -1.55. The summed E-state index contributed by atoms with van der Waals surface area (Å²) >= 11 is 0. The molecule has 0 aromatic heterocycles. The number of hydrogen-bond donors (Lipinski definition) is 2. The van der Waals surface area contributed by atoms with E-state index in [1.165, 1.54) is 0 Å². The Labute approximate surface area is 119 Å². The second-order valence-corrected chi connectivity index (χ2v) is 5.68. The molecule has 0 spiro atoms. The van der Waals surface area contributed by atoms with Gasteiger partial charge in [-0.3, -0.25) is 4.79 Å². The Bertz CT molecular complexity index is 469. The number of rotatable bonds is 3. The number of nitrogens with one attached hydrogen (secondary N) is 2. The normalized spacial score (nSPS) is 25.4. The van der Waals surface area contributed by atoms with Crippen molar-refractivity contribution >= 4 is 11.6 Å². The highest BCUT2D eigenvalue weighted by atomic mass is 16.5. The van der Waals surface area contributed by atoms with Gasteiger partial charge in [0.05, 0.1) is 12.5 Å². The van der Waals surface area contributed by atoms with Crippen LogP contribution in [0.1, 0.15) is 30.7 Å². The van der Waals surface area contributed by atoms with Crippen molar-refractivity contribution in [1.29, 1.82) is 0 Å². The lowest BCUT2D eigenvalue weighted by molar-refractivity contribution is -0.123. The van der Waals surface area contributed by atoms with Gasteiger partial charge < -0.3 is 15.4 Å². The number of ether oxygens (including phenoxy) is 1. The van der Waals surface area contributed by atoms with Crippen molar-refractivity contribution in [2.24, 2.45) is 5.92 Å². The number of hydrogen-bond acceptors (Lipinski definition) is 3. The SMILES string of the molecule is O=C(NCC1CCCOC1)C1CCNc2ccccc21. The van der Waals surface area contributed by atoms with Crippen LogP contribution < -0.4 is 10.6 Å². The zero-order valence-corrected chi connectivity index (χ0v) is 11.7. The third-order valence-corrected chi connectivity index (χ3v) is 4.22. The quantitative estimate of drug-likeness (QED) is 0.887. The van der Waals surface area contributed by atoms with E-state index < -0.39 is 0 Å². The van der Waals surface area contributed by atoms with Gasteiger partial charge in [0.15, 0.2) is 0 Å². The summed E-state index contributed by atoms with van der Waals surface area (Å²) in [6.07, 6.45) is 3.13. The number of carbonyl (C=O) groups excluding carboxylic acids is 1. The van der Waals surface area contributed by atoms with Crippen molar-refractivity contribution in [3.8, 4) is 0 Å². The molecule has 1 aromatic rings. The summed E-state index contributed by atoms with van der Waals surface area (Å²) in [6.45, 7) is 3.25. The fraction of sp³-hybridized carbons (Fsp3) is 0.562. The first-order chi connectivity index (χ1) is 9.84. The molecule has 4 heteroatoms. The summed E-state index contributed by atoms with van der Waals surface area (Å²) in [4.78, 5) is 12.4. The molecular weight excluding hydrogens is 252 g/mol. The fourth-order valence-electron chi connectivity index (χ4n) is 3.08. The molecule has 4 nitrogen and oxygen atoms in total. The zero-order chi connectivity index (χ0) is 13.8. The van der Waals surface area contributed by atoms with E-state index in [-0.39, 0.29) is 11.8 Å². The molecule has 0 radical (unpaired) electrons. The first-order valence-electron chi connectivity index (χ1n) is 7.53. The minimum Gasteiger partial charge on any atom is -0.385 e. The summed E-state index contributed by atoms with van der Waals surface area (Å²) in [6, 6.07) is 8.10. The molecular formula is C16H22N2O2. The van der Waals surface area contributed by atoms with Crippen LogP contribution in [0.25, 0.3) is 0 Å². The average Bonchev–Trinajstić information content (AvgIpc) is 2.53. The largest absolute Gasteiger partial charge is 0.385 e. The van der Waals surface area contributed by atoms with Crippen LogP contribution in [0.3, 0.4) is 0 Å². The Balaban J connectivity index is 1.60. The van der Waals surface area contributed by atoms with Crippen LogP contribution in [0.5, 0.6) is 0 Å². The monoisotopic (exact) mass is 274 g/mol. The Morgan fingerprint density at radius 1 is 1.35 bits per heavy atom. The second-order valence-electron chi connectivity index (χ2n) is 5.68. The van der Waals surface area contributed by atoms with Gasteiger partial charge >= 0.3 is 0 Å². The summed E-state index contributed by atoms with van der Waals surface area (Å²) in [5.41, 5.74) is 2.22. The van der Waals surface area contributed by atoms with E-state index in [9.17, 15) is 4.79 Å². The summed E-state index contributed by atoms with van der Waals surface area (Å²) in [7, 11) is 0. The van der Waals surface area contributed by atoms with Gasteiger partial charge in [-0.2, -0.15) is 0 Å². The fourth-order valence-corrected chi connectivity index (χ4v) is 3.08. The first-order valence-corrected chi connectivity index (χ1v) is 7.53. The lowest BCUT2D eigenvalue weighted by Crippen LogP contribution is -2.37. The average molecular weight is 274 g/mol. The molecule has 2 unspecified atom stereocenters. The van der Waals surface area contributed by atoms with E-state index in [0.29, 0.717) is 5.92 Å². The van der Waals surface area contributed by atoms with Gasteiger partial charge in [-0.05, 0) is 36.8 Å². The van der Waals surface area contributed by atoms with Crippen molar-refractivity contribution < 1.29 is 9.53 Å². The molecule has 0 aliphatic carbocycles. The van der Waals surface area contributed by atoms with Crippen LogP contribution in [0.2, 0.25) is 0 Å². The van der Waals surface area contributed by atoms with Crippen molar-refractivity contribution in [2.45, 2.75) is 25.2 Å². The molecule has 2 aliphatic rings. The molecule has 0 bridgehead atoms. The van der Waals surface area contributed by atoms with Crippen molar-refractivity contribution in [3.63, 3.8) is 0 Å². The van der Waals surface area contributed by atoms with Crippen LogP contribution >= 0.6 is 0 Å². The van der Waals surface area contributed by atoms with Crippen molar-refractivity contribution in [2.75, 3.05) is 31.6 Å². The van der Waals surface area contributed by atoms with Crippen LogP contribution in [-0.2, 0) is 9.53 Å². The maximum absolute atomic E-state index is 12.4. The number of carbonyl (C=O) groups is 1. The molecule has 1 fully saturated rings. The number of para-hydroxylation sites is 1. The first kappa shape index (κ1) is 13.4. The predicted molar refractivity (Wildman–Crippen MR) is 78.8 cm³/mol. The van der Waals surface area contributed by atoms with Crippen LogP contribution in [-0.4, -0.2) is 32.2 Å². The minimum atomic E-state index is -0.0167. The molecule has 3 rings (SSSR count). The van der Waals surface area contributed by atoms with Gasteiger partial charge in [-0.1, -0.05) is 18.2 Å². The van der Waals surface area contributed by atoms with E-state index >= 15 is 0 Å². The molecule has 2 heterocycles. The summed E-state index contributed by atoms with van der Waals surface area (Å²) in [5, 5.41) is 6.47. The van der Waals surface area contributed by atoms with Gasteiger partial charge in [0.25, 0.3) is 0 Å². The summed E-state index contributed by atoms with van der Waals surface area (Å²) in [5.74, 6) is 0.617. The number of benzene rings is 1. The maximum atomic E-state index is 12.4. The van der Waals surface area contributed by atoms with Gasteiger partial charge in [0.1, 0.15) is 0 Å². The van der Waals surface area contributed by atoms with Gasteiger partial charge in [-0.25, -0.2) is 0 Å².